The summed E-state index contributed by atoms with van der Waals surface area (Å²) in [7, 11) is 0. The largest absolute Gasteiger partial charge is 0.319 e. The Labute approximate surface area is 107 Å². The van der Waals surface area contributed by atoms with Gasteiger partial charge in [-0.1, -0.05) is 0 Å². The Bertz CT molecular complexity index is 545. The standard InChI is InChI=1S/C11H11BrN4O/c1-6-9(7(2)16-15-6)14-11(17)8-4-3-5-13-10(8)12/h3-5H,1-2H3,(H,14,17)(H,15,16). The molecule has 0 aliphatic carbocycles. The van der Waals surface area contributed by atoms with Gasteiger partial charge in [0, 0.05) is 6.20 Å². The van der Waals surface area contributed by atoms with E-state index in [-0.39, 0.29) is 5.91 Å². The molecule has 2 N–H and O–H groups in total. The number of nitrogens with one attached hydrogen (secondary N) is 2. The van der Waals surface area contributed by atoms with Crippen LogP contribution in [-0.4, -0.2) is 21.1 Å². The van der Waals surface area contributed by atoms with Crippen molar-refractivity contribution < 1.29 is 4.79 Å². The minimum Gasteiger partial charge on any atom is -0.319 e. The van der Waals surface area contributed by atoms with Gasteiger partial charge in [0.05, 0.1) is 22.6 Å². The van der Waals surface area contributed by atoms with Crippen LogP contribution in [0.2, 0.25) is 0 Å². The van der Waals surface area contributed by atoms with Gasteiger partial charge in [0.15, 0.2) is 0 Å². The summed E-state index contributed by atoms with van der Waals surface area (Å²) in [6.07, 6.45) is 1.62. The number of H-pyrrole nitrogens is 1. The van der Waals surface area contributed by atoms with Crippen molar-refractivity contribution >= 4 is 27.5 Å². The molecule has 88 valence electrons. The molecule has 17 heavy (non-hydrogen) atoms. The van der Waals surface area contributed by atoms with Gasteiger partial charge in [-0.2, -0.15) is 5.10 Å². The van der Waals surface area contributed by atoms with E-state index in [1.54, 1.807) is 18.3 Å². The number of aromatic nitrogens is 3. The van der Waals surface area contributed by atoms with Gasteiger partial charge < -0.3 is 5.32 Å². The molecular weight excluding hydrogens is 284 g/mol. The van der Waals surface area contributed by atoms with Crippen molar-refractivity contribution in [3.63, 3.8) is 0 Å². The van der Waals surface area contributed by atoms with Crippen molar-refractivity contribution in [1.29, 1.82) is 0 Å². The molecule has 2 aromatic heterocycles. The first-order chi connectivity index (χ1) is 8.09. The zero-order valence-corrected chi connectivity index (χ0v) is 11.0. The molecule has 0 unspecified atom stereocenters. The number of halogens is 1. The monoisotopic (exact) mass is 294 g/mol. The summed E-state index contributed by atoms with van der Waals surface area (Å²) in [6, 6.07) is 3.42. The minimum absolute atomic E-state index is 0.211. The molecule has 1 amide bonds. The molecule has 0 saturated heterocycles. The highest BCUT2D eigenvalue weighted by Crippen LogP contribution is 2.19. The van der Waals surface area contributed by atoms with Crippen LogP contribution < -0.4 is 5.32 Å². The van der Waals surface area contributed by atoms with E-state index < -0.39 is 0 Å². The molecule has 5 nitrogen and oxygen atoms in total. The molecule has 0 aromatic carbocycles. The number of pyridine rings is 1. The average Bonchev–Trinajstić information content (AvgIpc) is 2.61. The summed E-state index contributed by atoms with van der Waals surface area (Å²) in [5.74, 6) is -0.211. The molecule has 2 aromatic rings. The molecule has 0 aliphatic heterocycles. The van der Waals surface area contributed by atoms with Gasteiger partial charge in [0.25, 0.3) is 5.91 Å². The predicted molar refractivity (Wildman–Crippen MR) is 68.0 cm³/mol. The van der Waals surface area contributed by atoms with Gasteiger partial charge in [-0.3, -0.25) is 9.89 Å². The van der Waals surface area contributed by atoms with Crippen LogP contribution in [0, 0.1) is 13.8 Å². The maximum Gasteiger partial charge on any atom is 0.258 e. The van der Waals surface area contributed by atoms with Crippen molar-refractivity contribution in [2.45, 2.75) is 13.8 Å². The fourth-order valence-corrected chi connectivity index (χ4v) is 1.90. The van der Waals surface area contributed by atoms with Crippen LogP contribution in [0.1, 0.15) is 21.7 Å². The zero-order chi connectivity index (χ0) is 12.4. The average molecular weight is 295 g/mol. The number of anilines is 1. The Balaban J connectivity index is 2.27. The van der Waals surface area contributed by atoms with Crippen molar-refractivity contribution in [3.8, 4) is 0 Å². The first kappa shape index (κ1) is 11.8. The van der Waals surface area contributed by atoms with Gasteiger partial charge in [0.1, 0.15) is 4.60 Å². The second-order valence-electron chi connectivity index (χ2n) is 3.60. The molecule has 2 heterocycles. The lowest BCUT2D eigenvalue weighted by molar-refractivity contribution is 0.102. The number of rotatable bonds is 2. The summed E-state index contributed by atoms with van der Waals surface area (Å²) in [6.45, 7) is 3.69. The van der Waals surface area contributed by atoms with Crippen LogP contribution >= 0.6 is 15.9 Å². The molecule has 0 bridgehead atoms. The fraction of sp³-hybridized carbons (Fsp3) is 0.182. The van der Waals surface area contributed by atoms with Gasteiger partial charge in [-0.15, -0.1) is 0 Å². The summed E-state index contributed by atoms with van der Waals surface area (Å²) >= 11 is 3.24. The Hall–Kier alpha value is -1.69. The summed E-state index contributed by atoms with van der Waals surface area (Å²) in [4.78, 5) is 16.0. The molecule has 0 saturated carbocycles. The fourth-order valence-electron chi connectivity index (χ4n) is 1.47. The third-order valence-corrected chi connectivity index (χ3v) is 3.00. The molecule has 0 atom stereocenters. The van der Waals surface area contributed by atoms with E-state index in [2.05, 4.69) is 36.4 Å². The predicted octanol–water partition coefficient (Wildman–Crippen LogP) is 2.44. The first-order valence-corrected chi connectivity index (χ1v) is 5.82. The number of hydrogen-bond acceptors (Lipinski definition) is 3. The van der Waals surface area contributed by atoms with Gasteiger partial charge in [-0.25, -0.2) is 4.98 Å². The number of carbonyl (C=O) groups excluding carboxylic acids is 1. The first-order valence-electron chi connectivity index (χ1n) is 5.03. The van der Waals surface area contributed by atoms with Crippen LogP contribution in [0.25, 0.3) is 0 Å². The maximum atomic E-state index is 12.0. The van der Waals surface area contributed by atoms with Crippen molar-refractivity contribution in [3.05, 3.63) is 39.9 Å². The highest BCUT2D eigenvalue weighted by atomic mass is 79.9. The summed E-state index contributed by atoms with van der Waals surface area (Å²) in [5.41, 5.74) is 2.80. The maximum absolute atomic E-state index is 12.0. The highest BCUT2D eigenvalue weighted by molar-refractivity contribution is 9.10. The SMILES string of the molecule is Cc1n[nH]c(C)c1NC(=O)c1cccnc1Br. The second kappa shape index (κ2) is 4.67. The van der Waals surface area contributed by atoms with Gasteiger partial charge >= 0.3 is 0 Å². The number of nitrogens with zero attached hydrogens (tertiary/aromatic N) is 2. The molecule has 0 fully saturated rings. The minimum atomic E-state index is -0.211. The lowest BCUT2D eigenvalue weighted by atomic mass is 10.2. The van der Waals surface area contributed by atoms with E-state index in [1.165, 1.54) is 0 Å². The van der Waals surface area contributed by atoms with Crippen LogP contribution in [0.15, 0.2) is 22.9 Å². The quantitative estimate of drug-likeness (QED) is 0.836. The van der Waals surface area contributed by atoms with Gasteiger partial charge in [0.2, 0.25) is 0 Å². The van der Waals surface area contributed by atoms with Crippen molar-refractivity contribution in [2.24, 2.45) is 0 Å². The third-order valence-electron chi connectivity index (χ3n) is 2.37. The lowest BCUT2D eigenvalue weighted by Crippen LogP contribution is -2.14. The molecule has 0 aliphatic rings. The van der Waals surface area contributed by atoms with Crippen molar-refractivity contribution in [1.82, 2.24) is 15.2 Å². The lowest BCUT2D eigenvalue weighted by Gasteiger charge is -2.06. The van der Waals surface area contributed by atoms with E-state index in [9.17, 15) is 4.79 Å². The number of amides is 1. The van der Waals surface area contributed by atoms with E-state index >= 15 is 0 Å². The van der Waals surface area contributed by atoms with Crippen molar-refractivity contribution in [2.75, 3.05) is 5.32 Å². The Kier molecular flexibility index (Phi) is 3.23. The Morgan fingerprint density at radius 1 is 1.47 bits per heavy atom. The number of aryl methyl sites for hydroxylation is 2. The number of carbonyl (C=O) groups is 1. The highest BCUT2D eigenvalue weighted by Gasteiger charge is 2.14. The van der Waals surface area contributed by atoms with Crippen LogP contribution in [0.4, 0.5) is 5.69 Å². The molecule has 0 spiro atoms. The van der Waals surface area contributed by atoms with E-state index in [4.69, 9.17) is 0 Å². The normalized spacial score (nSPS) is 10.3. The zero-order valence-electron chi connectivity index (χ0n) is 9.41. The molecule has 6 heteroatoms. The Morgan fingerprint density at radius 2 is 2.24 bits per heavy atom. The van der Waals surface area contributed by atoms with E-state index in [0.29, 0.717) is 15.9 Å². The van der Waals surface area contributed by atoms with E-state index in [0.717, 1.165) is 11.4 Å². The molecular formula is C11H11BrN4O. The summed E-state index contributed by atoms with van der Waals surface area (Å²) in [5, 5.41) is 9.65. The smallest absolute Gasteiger partial charge is 0.258 e. The van der Waals surface area contributed by atoms with Crippen LogP contribution in [-0.2, 0) is 0 Å². The number of aromatic amines is 1. The third kappa shape index (κ3) is 2.36. The number of hydrogen-bond donors (Lipinski definition) is 2. The van der Waals surface area contributed by atoms with Gasteiger partial charge in [-0.05, 0) is 41.9 Å². The second-order valence-corrected chi connectivity index (χ2v) is 4.36. The molecule has 0 radical (unpaired) electrons. The topological polar surface area (TPSA) is 70.7 Å². The summed E-state index contributed by atoms with van der Waals surface area (Å²) < 4.78 is 0.524. The van der Waals surface area contributed by atoms with Crippen LogP contribution in [0.3, 0.4) is 0 Å². The Morgan fingerprint density at radius 3 is 2.82 bits per heavy atom. The molecule has 2 rings (SSSR count). The van der Waals surface area contributed by atoms with Crippen LogP contribution in [0.5, 0.6) is 0 Å². The van der Waals surface area contributed by atoms with E-state index in [1.807, 2.05) is 13.8 Å².